The highest BCUT2D eigenvalue weighted by Gasteiger charge is 2.46. The van der Waals surface area contributed by atoms with Gasteiger partial charge in [0.1, 0.15) is 5.56 Å². The molecule has 1 fully saturated rings. The second kappa shape index (κ2) is 5.13. The third kappa shape index (κ3) is 2.41. The van der Waals surface area contributed by atoms with Gasteiger partial charge in [-0.15, -0.1) is 0 Å². The van der Waals surface area contributed by atoms with Crippen molar-refractivity contribution in [2.45, 2.75) is 37.3 Å². The number of carboxylic acids is 1. The lowest BCUT2D eigenvalue weighted by atomic mass is 9.78. The number of alkyl halides is 3. The molecular weight excluding hydrogens is 289 g/mol. The summed E-state index contributed by atoms with van der Waals surface area (Å²) in [5.41, 5.74) is -2.48. The van der Waals surface area contributed by atoms with E-state index in [1.54, 1.807) is 0 Å². The lowest BCUT2D eigenvalue weighted by Crippen LogP contribution is -2.32. The zero-order chi connectivity index (χ0) is 15.8. The zero-order valence-electron chi connectivity index (χ0n) is 11.3. The molecule has 1 aromatic carbocycles. The highest BCUT2D eigenvalue weighted by Crippen LogP contribution is 2.50. The first-order valence-electron chi connectivity index (χ1n) is 6.45. The van der Waals surface area contributed by atoms with Gasteiger partial charge in [-0.25, -0.2) is 0 Å². The lowest BCUT2D eigenvalue weighted by Gasteiger charge is -2.27. The van der Waals surface area contributed by atoms with Crippen molar-refractivity contribution in [1.82, 2.24) is 0 Å². The Balaban J connectivity index is 2.64. The fourth-order valence-corrected chi connectivity index (χ4v) is 2.96. The Bertz CT molecular complexity index is 560. The van der Waals surface area contributed by atoms with Gasteiger partial charge in [0, 0.05) is 5.56 Å². The normalized spacial score (nSPS) is 17.7. The molecule has 1 aromatic rings. The maximum absolute atomic E-state index is 12.9. The number of ether oxygens (including phenoxy) is 1. The molecule has 0 aromatic heterocycles. The van der Waals surface area contributed by atoms with Gasteiger partial charge in [-0.3, -0.25) is 4.79 Å². The van der Waals surface area contributed by atoms with Crippen LogP contribution in [0.1, 0.15) is 36.8 Å². The van der Waals surface area contributed by atoms with E-state index in [1.165, 1.54) is 0 Å². The first kappa shape index (κ1) is 15.5. The van der Waals surface area contributed by atoms with E-state index in [9.17, 15) is 28.2 Å². The minimum atomic E-state index is -4.69. The van der Waals surface area contributed by atoms with Crippen molar-refractivity contribution in [3.63, 3.8) is 0 Å². The summed E-state index contributed by atoms with van der Waals surface area (Å²) in [6.07, 6.45) is -2.83. The third-order valence-electron chi connectivity index (χ3n) is 4.02. The molecule has 0 spiro atoms. The van der Waals surface area contributed by atoms with Crippen LogP contribution < -0.4 is 4.74 Å². The van der Waals surface area contributed by atoms with Crippen LogP contribution >= 0.6 is 0 Å². The Morgan fingerprint density at radius 1 is 1.29 bits per heavy atom. The number of benzene rings is 1. The third-order valence-corrected chi connectivity index (χ3v) is 4.02. The van der Waals surface area contributed by atoms with E-state index in [2.05, 4.69) is 4.74 Å². The van der Waals surface area contributed by atoms with Crippen molar-refractivity contribution in [2.24, 2.45) is 0 Å². The average molecular weight is 304 g/mol. The smallest absolute Gasteiger partial charge is 0.420 e. The first-order chi connectivity index (χ1) is 9.74. The summed E-state index contributed by atoms with van der Waals surface area (Å²) in [4.78, 5) is 11.6. The number of rotatable bonds is 3. The Morgan fingerprint density at radius 3 is 2.29 bits per heavy atom. The fourth-order valence-electron chi connectivity index (χ4n) is 2.96. The molecule has 0 unspecified atom stereocenters. The van der Waals surface area contributed by atoms with Gasteiger partial charge >= 0.3 is 12.1 Å². The number of aromatic hydroxyl groups is 1. The molecule has 21 heavy (non-hydrogen) atoms. The standard InChI is InChI=1S/C14H15F3O4/c1-21-11-9(14(15,16)17)5-4-8(10(11)18)13(12(19)20)6-2-3-7-13/h4-5,18H,2-3,6-7H2,1H3,(H,19,20). The minimum absolute atomic E-state index is 0.0163. The number of hydrogen-bond acceptors (Lipinski definition) is 3. The van der Waals surface area contributed by atoms with Crippen LogP contribution in [0.4, 0.5) is 13.2 Å². The largest absolute Gasteiger partial charge is 0.504 e. The summed E-state index contributed by atoms with van der Waals surface area (Å²) in [6.45, 7) is 0. The van der Waals surface area contributed by atoms with Gasteiger partial charge in [0.2, 0.25) is 0 Å². The van der Waals surface area contributed by atoms with Crippen molar-refractivity contribution < 1.29 is 32.9 Å². The topological polar surface area (TPSA) is 66.8 Å². The van der Waals surface area contributed by atoms with E-state index >= 15 is 0 Å². The Hall–Kier alpha value is -1.92. The molecule has 0 radical (unpaired) electrons. The molecule has 0 bridgehead atoms. The molecule has 1 saturated carbocycles. The predicted molar refractivity (Wildman–Crippen MR) is 67.4 cm³/mol. The summed E-state index contributed by atoms with van der Waals surface area (Å²) < 4.78 is 43.3. The fraction of sp³-hybridized carbons (Fsp3) is 0.500. The number of carboxylic acid groups (broad SMARTS) is 1. The highest BCUT2D eigenvalue weighted by molar-refractivity contribution is 5.83. The Kier molecular flexibility index (Phi) is 3.78. The van der Waals surface area contributed by atoms with Gasteiger partial charge in [-0.2, -0.15) is 13.2 Å². The molecule has 0 aliphatic heterocycles. The predicted octanol–water partition coefficient (Wildman–Crippen LogP) is 3.32. The molecule has 2 N–H and O–H groups in total. The second-order valence-electron chi connectivity index (χ2n) is 5.13. The quantitative estimate of drug-likeness (QED) is 0.899. The minimum Gasteiger partial charge on any atom is -0.504 e. The van der Waals surface area contributed by atoms with Gasteiger partial charge in [-0.1, -0.05) is 18.9 Å². The van der Waals surface area contributed by atoms with Crippen LogP contribution in [-0.2, 0) is 16.4 Å². The molecule has 2 rings (SSSR count). The van der Waals surface area contributed by atoms with Crippen molar-refractivity contribution in [1.29, 1.82) is 0 Å². The van der Waals surface area contributed by atoms with Crippen molar-refractivity contribution >= 4 is 5.97 Å². The van der Waals surface area contributed by atoms with E-state index in [1.807, 2.05) is 0 Å². The highest BCUT2D eigenvalue weighted by atomic mass is 19.4. The number of aliphatic carboxylic acids is 1. The molecular formula is C14H15F3O4. The van der Waals surface area contributed by atoms with Gasteiger partial charge in [-0.05, 0) is 18.9 Å². The Morgan fingerprint density at radius 2 is 1.86 bits per heavy atom. The van der Waals surface area contributed by atoms with Crippen LogP contribution in [0.5, 0.6) is 11.5 Å². The number of phenolic OH excluding ortho intramolecular Hbond substituents is 1. The van der Waals surface area contributed by atoms with E-state index in [4.69, 9.17) is 0 Å². The van der Waals surface area contributed by atoms with Gasteiger partial charge < -0.3 is 14.9 Å². The lowest BCUT2D eigenvalue weighted by molar-refractivity contribution is -0.143. The zero-order valence-corrected chi connectivity index (χ0v) is 11.3. The van der Waals surface area contributed by atoms with Crippen LogP contribution in [0.25, 0.3) is 0 Å². The summed E-state index contributed by atoms with van der Waals surface area (Å²) in [6, 6.07) is 1.80. The molecule has 1 aliphatic carbocycles. The summed E-state index contributed by atoms with van der Waals surface area (Å²) in [5.74, 6) is -2.61. The van der Waals surface area contributed by atoms with Crippen LogP contribution in [0.2, 0.25) is 0 Å². The molecule has 0 amide bonds. The van der Waals surface area contributed by atoms with Crippen molar-refractivity contribution in [3.05, 3.63) is 23.3 Å². The van der Waals surface area contributed by atoms with E-state index in [0.29, 0.717) is 12.8 Å². The average Bonchev–Trinajstić information content (AvgIpc) is 2.87. The van der Waals surface area contributed by atoms with Crippen LogP contribution in [0.15, 0.2) is 12.1 Å². The number of hydrogen-bond donors (Lipinski definition) is 2. The maximum atomic E-state index is 12.9. The summed E-state index contributed by atoms with van der Waals surface area (Å²) >= 11 is 0. The molecule has 4 nitrogen and oxygen atoms in total. The SMILES string of the molecule is COc1c(C(F)(F)F)ccc(C2(C(=O)O)CCCC2)c1O. The molecule has 0 heterocycles. The van der Waals surface area contributed by atoms with E-state index in [-0.39, 0.29) is 18.4 Å². The number of carbonyl (C=O) groups is 1. The molecule has 1 aliphatic rings. The summed E-state index contributed by atoms with van der Waals surface area (Å²) in [5, 5.41) is 19.6. The van der Waals surface area contributed by atoms with Crippen LogP contribution in [0.3, 0.4) is 0 Å². The summed E-state index contributed by atoms with van der Waals surface area (Å²) in [7, 11) is 1.01. The monoisotopic (exact) mass is 304 g/mol. The number of phenols is 1. The van der Waals surface area contributed by atoms with E-state index < -0.39 is 34.6 Å². The van der Waals surface area contributed by atoms with Crippen LogP contribution in [-0.4, -0.2) is 23.3 Å². The van der Waals surface area contributed by atoms with E-state index in [0.717, 1.165) is 19.2 Å². The Labute approximate surface area is 119 Å². The molecule has 0 saturated heterocycles. The van der Waals surface area contributed by atoms with Gasteiger partial charge in [0.05, 0.1) is 12.5 Å². The molecule has 0 atom stereocenters. The van der Waals surface area contributed by atoms with Crippen molar-refractivity contribution in [2.75, 3.05) is 7.11 Å². The van der Waals surface area contributed by atoms with Gasteiger partial charge in [0.15, 0.2) is 11.5 Å². The van der Waals surface area contributed by atoms with Gasteiger partial charge in [0.25, 0.3) is 0 Å². The first-order valence-corrected chi connectivity index (χ1v) is 6.45. The number of methoxy groups -OCH3 is 1. The molecule has 7 heteroatoms. The second-order valence-corrected chi connectivity index (χ2v) is 5.13. The number of halogens is 3. The van der Waals surface area contributed by atoms with Crippen molar-refractivity contribution in [3.8, 4) is 11.5 Å². The maximum Gasteiger partial charge on any atom is 0.420 e. The molecule has 116 valence electrons. The van der Waals surface area contributed by atoms with Crippen LogP contribution in [0, 0.1) is 0 Å².